The molecule has 1 aliphatic heterocycles. The summed E-state index contributed by atoms with van der Waals surface area (Å²) in [6.45, 7) is 3.76. The van der Waals surface area contributed by atoms with Crippen LogP contribution in [-0.4, -0.2) is 47.8 Å². The van der Waals surface area contributed by atoms with Crippen LogP contribution in [0.3, 0.4) is 0 Å². The smallest absolute Gasteiger partial charge is 0.209 e. The van der Waals surface area contributed by atoms with Crippen LogP contribution >= 0.6 is 12.6 Å². The number of nitrogens with zero attached hydrogens (tertiary/aromatic N) is 1. The Hall–Kier alpha value is -0.880. The largest absolute Gasteiger partial charge is 0.379 e. The number of carbonyl (C=O) groups excluding carboxylic acids is 1. The van der Waals surface area contributed by atoms with Gasteiger partial charge in [-0.25, -0.2) is 0 Å². The molecule has 0 aromatic heterocycles. The Morgan fingerprint density at radius 2 is 1.95 bits per heavy atom. The molecular formula is C14H19NO3S. The number of ether oxygens (including phenoxy) is 1. The summed E-state index contributed by atoms with van der Waals surface area (Å²) < 4.78 is 5.24. The molecule has 0 saturated carbocycles. The van der Waals surface area contributed by atoms with Crippen molar-refractivity contribution < 1.29 is 14.6 Å². The summed E-state index contributed by atoms with van der Waals surface area (Å²) in [6.07, 6.45) is 0. The Bertz CT molecular complexity index is 439. The molecule has 1 aliphatic rings. The Kier molecular flexibility index (Phi) is 4.62. The highest BCUT2D eigenvalue weighted by Gasteiger charge is 2.38. The predicted octanol–water partition coefficient (Wildman–Crippen LogP) is 1.34. The fourth-order valence-corrected chi connectivity index (χ4v) is 2.39. The van der Waals surface area contributed by atoms with Gasteiger partial charge < -0.3 is 9.84 Å². The molecule has 5 heteroatoms. The van der Waals surface area contributed by atoms with Gasteiger partial charge in [-0.05, 0) is 12.5 Å². The zero-order valence-electron chi connectivity index (χ0n) is 11.0. The van der Waals surface area contributed by atoms with Crippen LogP contribution in [0.25, 0.3) is 0 Å². The fourth-order valence-electron chi connectivity index (χ4n) is 2.18. The van der Waals surface area contributed by atoms with Crippen molar-refractivity contribution in [2.24, 2.45) is 0 Å². The van der Waals surface area contributed by atoms with E-state index in [1.165, 1.54) is 0 Å². The van der Waals surface area contributed by atoms with Crippen molar-refractivity contribution in [3.8, 4) is 0 Å². The van der Waals surface area contributed by atoms with Gasteiger partial charge in [0.25, 0.3) is 0 Å². The number of rotatable bonds is 4. The lowest BCUT2D eigenvalue weighted by atomic mass is 9.99. The molecule has 1 aromatic carbocycles. The molecule has 0 amide bonds. The molecule has 0 bridgehead atoms. The van der Waals surface area contributed by atoms with E-state index in [1.807, 2.05) is 12.1 Å². The number of carbonyl (C=O) groups is 1. The van der Waals surface area contributed by atoms with E-state index in [1.54, 1.807) is 24.0 Å². The number of morpholine rings is 1. The van der Waals surface area contributed by atoms with Crippen LogP contribution in [0, 0.1) is 0 Å². The first kappa shape index (κ1) is 14.5. The van der Waals surface area contributed by atoms with Gasteiger partial charge in [-0.2, -0.15) is 12.6 Å². The van der Waals surface area contributed by atoms with Crippen molar-refractivity contribution in [1.82, 2.24) is 4.90 Å². The first-order valence-electron chi connectivity index (χ1n) is 6.35. The van der Waals surface area contributed by atoms with Crippen LogP contribution in [0.4, 0.5) is 0 Å². The predicted molar refractivity (Wildman–Crippen MR) is 76.5 cm³/mol. The highest BCUT2D eigenvalue weighted by Crippen LogP contribution is 2.20. The summed E-state index contributed by atoms with van der Waals surface area (Å²) in [5.41, 5.74) is 0.0830. The Balaban J connectivity index is 2.15. The first-order chi connectivity index (χ1) is 9.05. The van der Waals surface area contributed by atoms with Gasteiger partial charge in [-0.15, -0.1) is 0 Å². The van der Waals surface area contributed by atoms with Crippen LogP contribution in [-0.2, 0) is 10.5 Å². The molecule has 0 aliphatic carbocycles. The quantitative estimate of drug-likeness (QED) is 0.646. The molecule has 1 unspecified atom stereocenters. The third-order valence-corrected chi connectivity index (χ3v) is 3.82. The Morgan fingerprint density at radius 3 is 2.47 bits per heavy atom. The van der Waals surface area contributed by atoms with Crippen molar-refractivity contribution in [2.75, 3.05) is 26.3 Å². The molecule has 0 spiro atoms. The monoisotopic (exact) mass is 281 g/mol. The third-order valence-electron chi connectivity index (χ3n) is 3.46. The highest BCUT2D eigenvalue weighted by molar-refractivity contribution is 7.79. The maximum atomic E-state index is 12.4. The van der Waals surface area contributed by atoms with Gasteiger partial charge in [0.2, 0.25) is 5.78 Å². The summed E-state index contributed by atoms with van der Waals surface area (Å²) in [4.78, 5) is 14.2. The van der Waals surface area contributed by atoms with Crippen LogP contribution in [0.2, 0.25) is 0 Å². The number of ketones is 1. The molecule has 0 radical (unpaired) electrons. The van der Waals surface area contributed by atoms with Gasteiger partial charge in [0.1, 0.15) is 0 Å². The average molecular weight is 281 g/mol. The van der Waals surface area contributed by atoms with Crippen LogP contribution in [0.5, 0.6) is 0 Å². The summed E-state index contributed by atoms with van der Waals surface area (Å²) in [5.74, 6) is 0.356. The van der Waals surface area contributed by atoms with Gasteiger partial charge in [0.15, 0.2) is 5.72 Å². The van der Waals surface area contributed by atoms with Crippen LogP contribution in [0.15, 0.2) is 24.3 Å². The summed E-state index contributed by atoms with van der Waals surface area (Å²) in [5, 5.41) is 10.5. The van der Waals surface area contributed by atoms with E-state index >= 15 is 0 Å². The second kappa shape index (κ2) is 6.05. The minimum atomic E-state index is -1.48. The van der Waals surface area contributed by atoms with E-state index in [-0.39, 0.29) is 5.78 Å². The Morgan fingerprint density at radius 1 is 1.37 bits per heavy atom. The van der Waals surface area contributed by atoms with E-state index in [4.69, 9.17) is 4.74 Å². The van der Waals surface area contributed by atoms with E-state index < -0.39 is 5.72 Å². The van der Waals surface area contributed by atoms with Crippen molar-refractivity contribution in [1.29, 1.82) is 0 Å². The zero-order valence-corrected chi connectivity index (χ0v) is 11.9. The molecule has 4 nitrogen and oxygen atoms in total. The maximum absolute atomic E-state index is 12.4. The molecular weight excluding hydrogens is 262 g/mol. The lowest BCUT2D eigenvalue weighted by Gasteiger charge is -2.38. The average Bonchev–Trinajstić information content (AvgIpc) is 2.47. The second-order valence-electron chi connectivity index (χ2n) is 4.80. The molecule has 1 N–H and O–H groups in total. The fraction of sp³-hybridized carbons (Fsp3) is 0.500. The van der Waals surface area contributed by atoms with Crippen molar-refractivity contribution in [3.63, 3.8) is 0 Å². The highest BCUT2D eigenvalue weighted by atomic mass is 32.1. The number of Topliss-reactive ketones (excluding diaryl/α,β-unsaturated/α-hetero) is 1. The van der Waals surface area contributed by atoms with Gasteiger partial charge in [0.05, 0.1) is 13.2 Å². The number of benzene rings is 1. The van der Waals surface area contributed by atoms with E-state index in [9.17, 15) is 9.90 Å². The third kappa shape index (κ3) is 3.17. The van der Waals surface area contributed by atoms with Gasteiger partial charge in [-0.3, -0.25) is 9.69 Å². The lowest BCUT2D eigenvalue weighted by molar-refractivity contribution is -0.101. The van der Waals surface area contributed by atoms with Gasteiger partial charge in [-0.1, -0.05) is 24.3 Å². The molecule has 1 atom stereocenters. The number of hydrogen-bond acceptors (Lipinski definition) is 5. The minimum absolute atomic E-state index is 0.278. The van der Waals surface area contributed by atoms with Crippen LogP contribution < -0.4 is 0 Å². The lowest BCUT2D eigenvalue weighted by Crippen LogP contribution is -2.56. The van der Waals surface area contributed by atoms with Crippen LogP contribution in [0.1, 0.15) is 22.8 Å². The molecule has 19 heavy (non-hydrogen) atoms. The van der Waals surface area contributed by atoms with Gasteiger partial charge in [0, 0.05) is 24.4 Å². The van der Waals surface area contributed by atoms with E-state index in [0.29, 0.717) is 37.6 Å². The maximum Gasteiger partial charge on any atom is 0.209 e. The summed E-state index contributed by atoms with van der Waals surface area (Å²) in [7, 11) is 0. The standard InChI is InChI=1S/C14H19NO3S/c1-14(17,15-6-8-18-9-7-15)13(16)12-4-2-11(10-19)3-5-12/h2-5,17,19H,6-10H2,1H3. The molecule has 2 rings (SSSR count). The number of aliphatic hydroxyl groups is 1. The topological polar surface area (TPSA) is 49.8 Å². The van der Waals surface area contributed by atoms with E-state index in [2.05, 4.69) is 12.6 Å². The SMILES string of the molecule is CC(O)(C(=O)c1ccc(CS)cc1)N1CCOCC1. The molecule has 1 aromatic rings. The normalized spacial score (nSPS) is 19.9. The van der Waals surface area contributed by atoms with Crippen molar-refractivity contribution >= 4 is 18.4 Å². The summed E-state index contributed by atoms with van der Waals surface area (Å²) >= 11 is 4.18. The minimum Gasteiger partial charge on any atom is -0.379 e. The van der Waals surface area contributed by atoms with Crippen molar-refractivity contribution in [3.05, 3.63) is 35.4 Å². The number of thiol groups is 1. The first-order valence-corrected chi connectivity index (χ1v) is 6.98. The molecule has 1 heterocycles. The molecule has 1 saturated heterocycles. The van der Waals surface area contributed by atoms with Crippen molar-refractivity contribution in [2.45, 2.75) is 18.4 Å². The second-order valence-corrected chi connectivity index (χ2v) is 5.12. The number of hydrogen-bond donors (Lipinski definition) is 2. The summed E-state index contributed by atoms with van der Waals surface area (Å²) in [6, 6.07) is 7.19. The van der Waals surface area contributed by atoms with Gasteiger partial charge >= 0.3 is 0 Å². The van der Waals surface area contributed by atoms with E-state index in [0.717, 1.165) is 5.56 Å². The molecule has 1 fully saturated rings. The zero-order chi connectivity index (χ0) is 13.9. The Labute approximate surface area is 118 Å². The molecule has 104 valence electrons.